The molecule has 1 saturated heterocycles. The van der Waals surface area contributed by atoms with E-state index in [9.17, 15) is 9.90 Å². The second-order valence-corrected chi connectivity index (χ2v) is 7.06. The van der Waals surface area contributed by atoms with Gasteiger partial charge in [0.2, 0.25) is 0 Å². The molecule has 0 aromatic heterocycles. The summed E-state index contributed by atoms with van der Waals surface area (Å²) in [7, 11) is 0. The molecule has 2 aliphatic rings. The average Bonchev–Trinajstić information content (AvgIpc) is 2.48. The van der Waals surface area contributed by atoms with E-state index >= 15 is 0 Å². The van der Waals surface area contributed by atoms with Gasteiger partial charge in [0.25, 0.3) is 5.91 Å². The SMILES string of the molecule is Cc1ccc(S)cc1C(=O)N1CCC2(O)CCCCC2C1. The fourth-order valence-electron chi connectivity index (χ4n) is 3.77. The maximum atomic E-state index is 12.8. The number of hydrogen-bond donors (Lipinski definition) is 2. The molecule has 2 unspecified atom stereocenters. The van der Waals surface area contributed by atoms with Crippen molar-refractivity contribution in [3.8, 4) is 0 Å². The Morgan fingerprint density at radius 2 is 2.19 bits per heavy atom. The van der Waals surface area contributed by atoms with E-state index < -0.39 is 5.60 Å². The summed E-state index contributed by atoms with van der Waals surface area (Å²) in [4.78, 5) is 15.5. The van der Waals surface area contributed by atoms with Crippen molar-refractivity contribution in [1.82, 2.24) is 4.90 Å². The lowest BCUT2D eigenvalue weighted by atomic mass is 9.71. The van der Waals surface area contributed by atoms with E-state index in [1.165, 1.54) is 6.42 Å². The van der Waals surface area contributed by atoms with E-state index in [1.54, 1.807) is 0 Å². The van der Waals surface area contributed by atoms with Gasteiger partial charge in [0.1, 0.15) is 0 Å². The van der Waals surface area contributed by atoms with Crippen molar-refractivity contribution in [1.29, 1.82) is 0 Å². The van der Waals surface area contributed by atoms with Crippen molar-refractivity contribution >= 4 is 18.5 Å². The second kappa shape index (κ2) is 5.65. The molecule has 21 heavy (non-hydrogen) atoms. The molecule has 2 fully saturated rings. The van der Waals surface area contributed by atoms with Gasteiger partial charge in [0.15, 0.2) is 0 Å². The number of aliphatic hydroxyl groups is 1. The predicted molar refractivity (Wildman–Crippen MR) is 85.9 cm³/mol. The average molecular weight is 305 g/mol. The summed E-state index contributed by atoms with van der Waals surface area (Å²) in [6.07, 6.45) is 4.92. The van der Waals surface area contributed by atoms with Crippen molar-refractivity contribution in [3.63, 3.8) is 0 Å². The van der Waals surface area contributed by atoms with Crippen LogP contribution in [0.4, 0.5) is 0 Å². The van der Waals surface area contributed by atoms with E-state index in [0.29, 0.717) is 19.5 Å². The normalized spacial score (nSPS) is 29.1. The fraction of sp³-hybridized carbons (Fsp3) is 0.588. The maximum absolute atomic E-state index is 12.8. The number of rotatable bonds is 1. The lowest BCUT2D eigenvalue weighted by Crippen LogP contribution is -2.54. The molecule has 1 saturated carbocycles. The van der Waals surface area contributed by atoms with Crippen LogP contribution in [-0.2, 0) is 0 Å². The molecule has 4 heteroatoms. The number of carbonyl (C=O) groups is 1. The lowest BCUT2D eigenvalue weighted by molar-refractivity contribution is -0.0886. The highest BCUT2D eigenvalue weighted by Gasteiger charge is 2.43. The maximum Gasteiger partial charge on any atom is 0.254 e. The van der Waals surface area contributed by atoms with Crippen molar-refractivity contribution in [2.75, 3.05) is 13.1 Å². The molecular weight excluding hydrogens is 282 g/mol. The molecule has 3 nitrogen and oxygen atoms in total. The Hall–Kier alpha value is -1.00. The molecule has 1 aromatic carbocycles. The summed E-state index contributed by atoms with van der Waals surface area (Å²) in [6, 6.07) is 5.70. The Labute approximate surface area is 131 Å². The molecule has 1 heterocycles. The monoisotopic (exact) mass is 305 g/mol. The number of fused-ring (bicyclic) bond motifs is 1. The minimum absolute atomic E-state index is 0.0797. The highest BCUT2D eigenvalue weighted by molar-refractivity contribution is 7.80. The predicted octanol–water partition coefficient (Wildman–Crippen LogP) is 3.05. The van der Waals surface area contributed by atoms with Crippen LogP contribution in [0.5, 0.6) is 0 Å². The first kappa shape index (κ1) is 14.9. The molecular formula is C17H23NO2S. The summed E-state index contributed by atoms with van der Waals surface area (Å²) in [5, 5.41) is 10.7. The first-order valence-corrected chi connectivity index (χ1v) is 8.25. The first-order valence-electron chi connectivity index (χ1n) is 7.81. The zero-order valence-electron chi connectivity index (χ0n) is 12.5. The Balaban J connectivity index is 1.79. The fourth-order valence-corrected chi connectivity index (χ4v) is 3.97. The third-order valence-electron chi connectivity index (χ3n) is 5.17. The molecule has 0 radical (unpaired) electrons. The summed E-state index contributed by atoms with van der Waals surface area (Å²) in [5.41, 5.74) is 1.20. The van der Waals surface area contributed by atoms with Crippen LogP contribution in [0.2, 0.25) is 0 Å². The standard InChI is InChI=1S/C17H23NO2S/c1-12-5-6-14(21)10-15(12)16(19)18-9-8-17(20)7-3-2-4-13(17)11-18/h5-6,10,13,20-21H,2-4,7-9,11H2,1H3. The zero-order chi connectivity index (χ0) is 15.0. The zero-order valence-corrected chi connectivity index (χ0v) is 13.4. The smallest absolute Gasteiger partial charge is 0.254 e. The van der Waals surface area contributed by atoms with Crippen molar-refractivity contribution in [3.05, 3.63) is 29.3 Å². The van der Waals surface area contributed by atoms with Gasteiger partial charge >= 0.3 is 0 Å². The molecule has 1 aliphatic heterocycles. The van der Waals surface area contributed by atoms with Gasteiger partial charge in [-0.2, -0.15) is 0 Å². The number of piperidine rings is 1. The number of benzene rings is 1. The Morgan fingerprint density at radius 1 is 1.38 bits per heavy atom. The van der Waals surface area contributed by atoms with E-state index in [-0.39, 0.29) is 11.8 Å². The number of hydrogen-bond acceptors (Lipinski definition) is 3. The van der Waals surface area contributed by atoms with E-state index in [2.05, 4.69) is 12.6 Å². The molecule has 3 rings (SSSR count). The molecule has 1 N–H and O–H groups in total. The third-order valence-corrected chi connectivity index (χ3v) is 5.44. The molecule has 0 bridgehead atoms. The van der Waals surface area contributed by atoms with Gasteiger partial charge < -0.3 is 10.0 Å². The van der Waals surface area contributed by atoms with Gasteiger partial charge in [0.05, 0.1) is 5.60 Å². The van der Waals surface area contributed by atoms with Crippen LogP contribution in [0.15, 0.2) is 23.1 Å². The van der Waals surface area contributed by atoms with Gasteiger partial charge in [0, 0.05) is 29.5 Å². The van der Waals surface area contributed by atoms with Crippen LogP contribution in [-0.4, -0.2) is 34.6 Å². The van der Waals surface area contributed by atoms with Gasteiger partial charge in [-0.1, -0.05) is 18.9 Å². The number of aryl methyl sites for hydroxylation is 1. The lowest BCUT2D eigenvalue weighted by Gasteiger charge is -2.47. The van der Waals surface area contributed by atoms with Crippen molar-refractivity contribution in [2.45, 2.75) is 49.5 Å². The van der Waals surface area contributed by atoms with Crippen LogP contribution in [0.1, 0.15) is 48.0 Å². The van der Waals surface area contributed by atoms with Crippen molar-refractivity contribution in [2.24, 2.45) is 5.92 Å². The number of carbonyl (C=O) groups excluding carboxylic acids is 1. The van der Waals surface area contributed by atoms with Crippen LogP contribution in [0.25, 0.3) is 0 Å². The van der Waals surface area contributed by atoms with E-state index in [4.69, 9.17) is 0 Å². The highest BCUT2D eigenvalue weighted by Crippen LogP contribution is 2.40. The van der Waals surface area contributed by atoms with Crippen LogP contribution < -0.4 is 0 Å². The summed E-state index contributed by atoms with van der Waals surface area (Å²) < 4.78 is 0. The van der Waals surface area contributed by atoms with Crippen LogP contribution >= 0.6 is 12.6 Å². The van der Waals surface area contributed by atoms with Crippen molar-refractivity contribution < 1.29 is 9.90 Å². The minimum Gasteiger partial charge on any atom is -0.389 e. The second-order valence-electron chi connectivity index (χ2n) is 6.55. The molecule has 1 aromatic rings. The molecule has 1 aliphatic carbocycles. The van der Waals surface area contributed by atoms with Gasteiger partial charge in [-0.25, -0.2) is 0 Å². The molecule has 114 valence electrons. The summed E-state index contributed by atoms with van der Waals surface area (Å²) in [5.74, 6) is 0.319. The van der Waals surface area contributed by atoms with E-state index in [0.717, 1.165) is 35.3 Å². The van der Waals surface area contributed by atoms with Gasteiger partial charge in [-0.05, 0) is 43.9 Å². The third kappa shape index (κ3) is 2.84. The van der Waals surface area contributed by atoms with Crippen LogP contribution in [0, 0.1) is 12.8 Å². The molecule has 2 atom stereocenters. The first-order chi connectivity index (χ1) is 9.99. The number of amides is 1. The number of thiol groups is 1. The summed E-state index contributed by atoms with van der Waals surface area (Å²) in [6.45, 7) is 3.30. The Bertz CT molecular complexity index is 560. The van der Waals surface area contributed by atoms with Crippen LogP contribution in [0.3, 0.4) is 0 Å². The molecule has 0 spiro atoms. The number of likely N-dealkylation sites (tertiary alicyclic amines) is 1. The topological polar surface area (TPSA) is 40.5 Å². The van der Waals surface area contributed by atoms with Gasteiger partial charge in [-0.3, -0.25) is 4.79 Å². The Morgan fingerprint density at radius 3 is 3.00 bits per heavy atom. The van der Waals surface area contributed by atoms with Gasteiger partial charge in [-0.15, -0.1) is 12.6 Å². The molecule has 1 amide bonds. The number of nitrogens with zero attached hydrogens (tertiary/aromatic N) is 1. The Kier molecular flexibility index (Phi) is 4.02. The minimum atomic E-state index is -0.532. The van der Waals surface area contributed by atoms with E-state index in [1.807, 2.05) is 30.0 Å². The summed E-state index contributed by atoms with van der Waals surface area (Å²) >= 11 is 4.34. The highest BCUT2D eigenvalue weighted by atomic mass is 32.1. The quantitative estimate of drug-likeness (QED) is 0.783. The largest absolute Gasteiger partial charge is 0.389 e.